The lowest BCUT2D eigenvalue weighted by atomic mass is 10.2. The molecule has 0 saturated heterocycles. The van der Waals surface area contributed by atoms with Crippen molar-refractivity contribution in [1.29, 1.82) is 0 Å². The highest BCUT2D eigenvalue weighted by molar-refractivity contribution is 4.58. The summed E-state index contributed by atoms with van der Waals surface area (Å²) >= 11 is 0. The first-order chi connectivity index (χ1) is 5.21. The summed E-state index contributed by atoms with van der Waals surface area (Å²) in [6.07, 6.45) is 0. The van der Waals surface area contributed by atoms with E-state index in [0.29, 0.717) is 0 Å². The molecule has 0 atom stereocenters. The monoisotopic (exact) mass is 177 g/mol. The van der Waals surface area contributed by atoms with E-state index in [1.54, 1.807) is 0 Å². The van der Waals surface area contributed by atoms with Gasteiger partial charge in [-0.05, 0) is 48.6 Å². The molecule has 0 aromatic heterocycles. The molecule has 0 amide bonds. The van der Waals surface area contributed by atoms with E-state index < -0.39 is 0 Å². The molecule has 0 radical (unpaired) electrons. The topological polar surface area (TPSA) is 44.5 Å². The molecule has 3 heteroatoms. The number of rotatable bonds is 1. The first kappa shape index (κ1) is 14.4. The first-order valence-electron chi connectivity index (χ1n) is 4.15. The summed E-state index contributed by atoms with van der Waals surface area (Å²) < 4.78 is 0. The molecule has 3 nitrogen and oxygen atoms in total. The minimum atomic E-state index is -0.215. The zero-order valence-corrected chi connectivity index (χ0v) is 9.39. The first-order valence-corrected chi connectivity index (χ1v) is 4.15. The van der Waals surface area contributed by atoms with Gasteiger partial charge >= 0.3 is 0 Å². The molecule has 0 aromatic rings. The highest BCUT2D eigenvalue weighted by Gasteiger charge is 2.18. The van der Waals surface area contributed by atoms with Crippen LogP contribution in [0.25, 0.3) is 0 Å². The second-order valence-electron chi connectivity index (χ2n) is 4.39. The second kappa shape index (κ2) is 5.51. The summed E-state index contributed by atoms with van der Waals surface area (Å²) in [6, 6.07) is 0. The predicted molar refractivity (Wildman–Crippen MR) is 51.8 cm³/mol. The fourth-order valence-electron chi connectivity index (χ4n) is 0.250. The molecule has 2 N–H and O–H groups in total. The molecule has 0 bridgehead atoms. The molecule has 0 rings (SSSR count). The van der Waals surface area contributed by atoms with E-state index in [1.165, 1.54) is 7.05 Å². The lowest BCUT2D eigenvalue weighted by Crippen LogP contribution is -2.27. The summed E-state index contributed by atoms with van der Waals surface area (Å²) in [5.41, 5.74) is 4.07. The molecule has 0 aliphatic heterocycles. The van der Waals surface area contributed by atoms with Crippen molar-refractivity contribution in [2.45, 2.75) is 52.7 Å². The van der Waals surface area contributed by atoms with Gasteiger partial charge in [0, 0.05) is 0 Å². The van der Waals surface area contributed by atoms with Crippen LogP contribution in [-0.2, 0) is 9.78 Å². The maximum absolute atomic E-state index is 5.09. The molecular weight excluding hydrogens is 154 g/mol. The van der Waals surface area contributed by atoms with Gasteiger partial charge in [-0.1, -0.05) is 0 Å². The average molecular weight is 177 g/mol. The van der Waals surface area contributed by atoms with Crippen LogP contribution in [0.2, 0.25) is 0 Å². The maximum Gasteiger partial charge on any atom is 0.0952 e. The van der Waals surface area contributed by atoms with Crippen LogP contribution in [0.3, 0.4) is 0 Å². The third kappa shape index (κ3) is 16.5. The molecule has 0 saturated carbocycles. The fraction of sp³-hybridized carbons (Fsp3) is 1.00. The summed E-state index contributed by atoms with van der Waals surface area (Å²) in [4.78, 5) is 10.2. The Labute approximate surface area is 76.2 Å². The third-order valence-corrected chi connectivity index (χ3v) is 0.542. The third-order valence-electron chi connectivity index (χ3n) is 0.542. The minimum absolute atomic E-state index is 0.215. The Morgan fingerprint density at radius 1 is 0.667 bits per heavy atom. The van der Waals surface area contributed by atoms with Crippen molar-refractivity contribution in [3.63, 3.8) is 0 Å². The Bertz CT molecular complexity index is 86.1. The van der Waals surface area contributed by atoms with E-state index in [4.69, 9.17) is 9.78 Å². The average Bonchev–Trinajstić information content (AvgIpc) is 1.86. The second-order valence-corrected chi connectivity index (χ2v) is 4.39. The SMILES string of the molecule is CC(C)(C)OOC(C)(C)C.CN. The van der Waals surface area contributed by atoms with Gasteiger partial charge in [-0.2, -0.15) is 0 Å². The number of nitrogens with two attached hydrogens (primary N) is 1. The highest BCUT2D eigenvalue weighted by Crippen LogP contribution is 2.14. The summed E-state index contributed by atoms with van der Waals surface area (Å²) in [5.74, 6) is 0. The quantitative estimate of drug-likeness (QED) is 0.493. The molecule has 76 valence electrons. The van der Waals surface area contributed by atoms with Crippen molar-refractivity contribution in [2.24, 2.45) is 5.73 Å². The minimum Gasteiger partial charge on any atom is -0.333 e. The van der Waals surface area contributed by atoms with Crippen molar-refractivity contribution in [3.8, 4) is 0 Å². The van der Waals surface area contributed by atoms with Crippen LogP contribution in [0.5, 0.6) is 0 Å². The van der Waals surface area contributed by atoms with E-state index in [1.807, 2.05) is 41.5 Å². The highest BCUT2D eigenvalue weighted by atomic mass is 17.2. The van der Waals surface area contributed by atoms with Crippen molar-refractivity contribution < 1.29 is 9.78 Å². The van der Waals surface area contributed by atoms with Gasteiger partial charge in [-0.15, -0.1) is 0 Å². The van der Waals surface area contributed by atoms with Crippen LogP contribution in [0.4, 0.5) is 0 Å². The molecule has 12 heavy (non-hydrogen) atoms. The zero-order chi connectivity index (χ0) is 10.4. The lowest BCUT2D eigenvalue weighted by molar-refractivity contribution is -0.393. The molecule has 0 aliphatic rings. The Hall–Kier alpha value is -0.120. The van der Waals surface area contributed by atoms with Crippen molar-refractivity contribution >= 4 is 0 Å². The van der Waals surface area contributed by atoms with E-state index in [9.17, 15) is 0 Å². The van der Waals surface area contributed by atoms with Gasteiger partial charge in [0.25, 0.3) is 0 Å². The Kier molecular flexibility index (Phi) is 6.62. The smallest absolute Gasteiger partial charge is 0.0952 e. The molecular formula is C9H23NO2. The predicted octanol–water partition coefficient (Wildman–Crippen LogP) is 2.11. The van der Waals surface area contributed by atoms with E-state index in [2.05, 4.69) is 5.73 Å². The van der Waals surface area contributed by atoms with Gasteiger partial charge in [-0.3, -0.25) is 0 Å². The van der Waals surface area contributed by atoms with Gasteiger partial charge in [0.15, 0.2) is 0 Å². The molecule has 0 heterocycles. The Morgan fingerprint density at radius 2 is 0.833 bits per heavy atom. The van der Waals surface area contributed by atoms with Crippen LogP contribution in [0.1, 0.15) is 41.5 Å². The fourth-order valence-corrected chi connectivity index (χ4v) is 0.250. The number of hydrogen-bond acceptors (Lipinski definition) is 3. The van der Waals surface area contributed by atoms with Gasteiger partial charge in [0.05, 0.1) is 11.2 Å². The Morgan fingerprint density at radius 3 is 0.917 bits per heavy atom. The molecule has 0 aliphatic carbocycles. The van der Waals surface area contributed by atoms with Crippen LogP contribution in [-0.4, -0.2) is 18.2 Å². The standard InChI is InChI=1S/C8H18O2.CH5N/c1-7(2,3)9-10-8(4,5)6;1-2/h1-6H3;2H2,1H3. The van der Waals surface area contributed by atoms with Crippen LogP contribution in [0, 0.1) is 0 Å². The normalized spacial score (nSPS) is 12.0. The van der Waals surface area contributed by atoms with Gasteiger partial charge in [-0.25, -0.2) is 9.78 Å². The van der Waals surface area contributed by atoms with E-state index in [-0.39, 0.29) is 11.2 Å². The van der Waals surface area contributed by atoms with E-state index >= 15 is 0 Å². The summed E-state index contributed by atoms with van der Waals surface area (Å²) in [7, 11) is 1.50. The van der Waals surface area contributed by atoms with Gasteiger partial charge < -0.3 is 5.73 Å². The molecule has 0 spiro atoms. The Balaban J connectivity index is 0. The summed E-state index contributed by atoms with van der Waals surface area (Å²) in [6.45, 7) is 11.7. The van der Waals surface area contributed by atoms with Gasteiger partial charge in [0.2, 0.25) is 0 Å². The van der Waals surface area contributed by atoms with Crippen LogP contribution < -0.4 is 5.73 Å². The van der Waals surface area contributed by atoms with Crippen molar-refractivity contribution in [2.75, 3.05) is 7.05 Å². The maximum atomic E-state index is 5.09. The van der Waals surface area contributed by atoms with Crippen LogP contribution in [0.15, 0.2) is 0 Å². The van der Waals surface area contributed by atoms with Gasteiger partial charge in [0.1, 0.15) is 0 Å². The van der Waals surface area contributed by atoms with Crippen molar-refractivity contribution in [3.05, 3.63) is 0 Å². The van der Waals surface area contributed by atoms with Crippen molar-refractivity contribution in [1.82, 2.24) is 0 Å². The molecule has 0 unspecified atom stereocenters. The summed E-state index contributed by atoms with van der Waals surface area (Å²) in [5, 5.41) is 0. The molecule has 0 aromatic carbocycles. The lowest BCUT2D eigenvalue weighted by Gasteiger charge is -2.24. The van der Waals surface area contributed by atoms with E-state index in [0.717, 1.165) is 0 Å². The number of hydrogen-bond donors (Lipinski definition) is 1. The molecule has 0 fully saturated rings. The largest absolute Gasteiger partial charge is 0.333 e. The van der Waals surface area contributed by atoms with Crippen LogP contribution >= 0.6 is 0 Å². The zero-order valence-electron chi connectivity index (χ0n) is 9.39.